The van der Waals surface area contributed by atoms with Crippen LogP contribution in [0.25, 0.3) is 0 Å². The Morgan fingerprint density at radius 3 is 2.67 bits per heavy atom. The van der Waals surface area contributed by atoms with Crippen molar-refractivity contribution < 1.29 is 9.47 Å². The summed E-state index contributed by atoms with van der Waals surface area (Å²) in [6, 6.07) is 13.2. The Morgan fingerprint density at radius 2 is 1.96 bits per heavy atom. The van der Waals surface area contributed by atoms with Crippen LogP contribution in [0.5, 0.6) is 17.2 Å². The highest BCUT2D eigenvalue weighted by atomic mass is 16.5. The van der Waals surface area contributed by atoms with Crippen molar-refractivity contribution in [3.63, 3.8) is 0 Å². The van der Waals surface area contributed by atoms with Crippen molar-refractivity contribution in [3.05, 3.63) is 53.6 Å². The van der Waals surface area contributed by atoms with Crippen LogP contribution >= 0.6 is 0 Å². The van der Waals surface area contributed by atoms with Crippen molar-refractivity contribution in [1.82, 2.24) is 0 Å². The predicted molar refractivity (Wildman–Crippen MR) is 95.0 cm³/mol. The minimum Gasteiger partial charge on any atom is -0.489 e. The van der Waals surface area contributed by atoms with Crippen LogP contribution in [0.2, 0.25) is 0 Å². The van der Waals surface area contributed by atoms with Crippen LogP contribution in [0, 0.1) is 10.8 Å². The van der Waals surface area contributed by atoms with Crippen molar-refractivity contribution in [3.8, 4) is 17.2 Å². The van der Waals surface area contributed by atoms with E-state index in [4.69, 9.17) is 26.0 Å². The number of nitrogens with one attached hydrogen (secondary N) is 2. The second-order valence-electron chi connectivity index (χ2n) is 5.80. The first-order chi connectivity index (χ1) is 11.7. The molecule has 1 heterocycles. The molecule has 3 rings (SSSR count). The molecule has 5 heteroatoms. The summed E-state index contributed by atoms with van der Waals surface area (Å²) in [5.41, 5.74) is 8.04. The summed E-state index contributed by atoms with van der Waals surface area (Å²) in [6.45, 7) is 0.539. The zero-order valence-corrected chi connectivity index (χ0v) is 13.4. The zero-order chi connectivity index (χ0) is 16.9. The molecule has 4 N–H and O–H groups in total. The summed E-state index contributed by atoms with van der Waals surface area (Å²) in [7, 11) is 0. The molecule has 1 aliphatic heterocycles. The van der Waals surface area contributed by atoms with Gasteiger partial charge in [-0.3, -0.25) is 0 Å². The van der Waals surface area contributed by atoms with Gasteiger partial charge in [-0.25, -0.2) is 0 Å². The molecule has 1 atom stereocenters. The van der Waals surface area contributed by atoms with Gasteiger partial charge in [0.2, 0.25) is 0 Å². The predicted octanol–water partition coefficient (Wildman–Crippen LogP) is 3.54. The second kappa shape index (κ2) is 7.27. The SMILES string of the molecule is N=CCC(=N)c1ccc(Oc2ccc3c(c2)CCC(CN)O3)cc1. The Balaban J connectivity index is 1.70. The summed E-state index contributed by atoms with van der Waals surface area (Å²) in [4.78, 5) is 0. The van der Waals surface area contributed by atoms with E-state index in [1.807, 2.05) is 42.5 Å². The van der Waals surface area contributed by atoms with Crippen LogP contribution in [0.3, 0.4) is 0 Å². The van der Waals surface area contributed by atoms with Gasteiger partial charge in [-0.1, -0.05) is 0 Å². The molecule has 1 unspecified atom stereocenters. The van der Waals surface area contributed by atoms with E-state index in [1.165, 1.54) is 6.21 Å². The molecule has 0 radical (unpaired) electrons. The highest BCUT2D eigenvalue weighted by Gasteiger charge is 2.18. The van der Waals surface area contributed by atoms with Crippen LogP contribution in [0.4, 0.5) is 0 Å². The molecule has 5 nitrogen and oxygen atoms in total. The standard InChI is InChI=1S/C19H21N3O2/c20-10-9-18(22)13-1-4-15(5-2-13)23-16-7-8-19-14(11-16)3-6-17(12-21)24-19/h1-2,4-5,7-8,10-11,17,20,22H,3,6,9,12,21H2. The van der Waals surface area contributed by atoms with E-state index in [2.05, 4.69) is 0 Å². The summed E-state index contributed by atoms with van der Waals surface area (Å²) >= 11 is 0. The fourth-order valence-corrected chi connectivity index (χ4v) is 2.73. The number of rotatable bonds is 6. The number of fused-ring (bicyclic) bond motifs is 1. The molecule has 24 heavy (non-hydrogen) atoms. The molecule has 0 aromatic heterocycles. The lowest BCUT2D eigenvalue weighted by Crippen LogP contribution is -2.30. The molecule has 0 fully saturated rings. The Morgan fingerprint density at radius 1 is 1.21 bits per heavy atom. The largest absolute Gasteiger partial charge is 0.489 e. The summed E-state index contributed by atoms with van der Waals surface area (Å²) in [5.74, 6) is 2.38. The van der Waals surface area contributed by atoms with Crippen LogP contribution < -0.4 is 15.2 Å². The van der Waals surface area contributed by atoms with Gasteiger partial charge in [0.1, 0.15) is 23.4 Å². The van der Waals surface area contributed by atoms with E-state index >= 15 is 0 Å². The van der Waals surface area contributed by atoms with Gasteiger partial charge in [0, 0.05) is 24.9 Å². The fraction of sp³-hybridized carbons (Fsp3) is 0.263. The molecule has 2 aromatic carbocycles. The maximum atomic E-state index is 7.84. The molecule has 1 aliphatic rings. The minimum absolute atomic E-state index is 0.105. The topological polar surface area (TPSA) is 92.2 Å². The minimum atomic E-state index is 0.105. The van der Waals surface area contributed by atoms with E-state index in [9.17, 15) is 0 Å². The van der Waals surface area contributed by atoms with Gasteiger partial charge in [-0.15, -0.1) is 0 Å². The first kappa shape index (κ1) is 16.2. The smallest absolute Gasteiger partial charge is 0.127 e. The van der Waals surface area contributed by atoms with Gasteiger partial charge in [0.15, 0.2) is 0 Å². The Hall–Kier alpha value is -2.66. The average molecular weight is 323 g/mol. The van der Waals surface area contributed by atoms with Crippen molar-refractivity contribution in [2.75, 3.05) is 6.54 Å². The van der Waals surface area contributed by atoms with Crippen LogP contribution in [0.15, 0.2) is 42.5 Å². The van der Waals surface area contributed by atoms with E-state index in [0.717, 1.165) is 41.2 Å². The lowest BCUT2D eigenvalue weighted by molar-refractivity contribution is 0.181. The second-order valence-corrected chi connectivity index (χ2v) is 5.80. The summed E-state index contributed by atoms with van der Waals surface area (Å²) in [6.07, 6.45) is 3.55. The third kappa shape index (κ3) is 3.63. The molecule has 0 aliphatic carbocycles. The monoisotopic (exact) mass is 323 g/mol. The van der Waals surface area contributed by atoms with E-state index in [-0.39, 0.29) is 6.10 Å². The third-order valence-corrected chi connectivity index (χ3v) is 4.07. The van der Waals surface area contributed by atoms with Crippen molar-refractivity contribution in [1.29, 1.82) is 10.8 Å². The number of ether oxygens (including phenoxy) is 2. The molecular formula is C19H21N3O2. The van der Waals surface area contributed by atoms with E-state index in [1.54, 1.807) is 0 Å². The third-order valence-electron chi connectivity index (χ3n) is 4.07. The number of hydrogen-bond donors (Lipinski definition) is 3. The highest BCUT2D eigenvalue weighted by molar-refractivity contribution is 6.04. The van der Waals surface area contributed by atoms with E-state index < -0.39 is 0 Å². The molecule has 0 saturated carbocycles. The van der Waals surface area contributed by atoms with Gasteiger partial charge >= 0.3 is 0 Å². The lowest BCUT2D eigenvalue weighted by atomic mass is 10.0. The maximum absolute atomic E-state index is 7.84. The van der Waals surface area contributed by atoms with Gasteiger partial charge in [-0.05, 0) is 66.4 Å². The number of nitrogens with two attached hydrogens (primary N) is 1. The number of benzene rings is 2. The molecule has 2 aromatic rings. The Kier molecular flexibility index (Phi) is 4.91. The van der Waals surface area contributed by atoms with Gasteiger partial charge in [0.05, 0.1) is 0 Å². The fourth-order valence-electron chi connectivity index (χ4n) is 2.73. The van der Waals surface area contributed by atoms with Crippen LogP contribution in [-0.2, 0) is 6.42 Å². The Labute approximate surface area is 141 Å². The first-order valence-corrected chi connectivity index (χ1v) is 8.04. The van der Waals surface area contributed by atoms with Crippen LogP contribution in [-0.4, -0.2) is 24.6 Å². The normalized spacial score (nSPS) is 16.0. The van der Waals surface area contributed by atoms with Crippen molar-refractivity contribution >= 4 is 11.9 Å². The van der Waals surface area contributed by atoms with E-state index in [0.29, 0.717) is 18.7 Å². The van der Waals surface area contributed by atoms with Crippen LogP contribution in [0.1, 0.15) is 24.0 Å². The van der Waals surface area contributed by atoms with Crippen molar-refractivity contribution in [2.45, 2.75) is 25.4 Å². The number of hydrogen-bond acceptors (Lipinski definition) is 5. The summed E-state index contributed by atoms with van der Waals surface area (Å²) < 4.78 is 11.7. The molecule has 0 bridgehead atoms. The van der Waals surface area contributed by atoms with Gasteiger partial charge in [-0.2, -0.15) is 0 Å². The maximum Gasteiger partial charge on any atom is 0.127 e. The van der Waals surface area contributed by atoms with Gasteiger partial charge in [0.25, 0.3) is 0 Å². The summed E-state index contributed by atoms with van der Waals surface area (Å²) in [5, 5.41) is 14.9. The molecule has 0 amide bonds. The van der Waals surface area contributed by atoms with Gasteiger partial charge < -0.3 is 26.0 Å². The Bertz CT molecular complexity index is 741. The average Bonchev–Trinajstić information content (AvgIpc) is 2.62. The highest BCUT2D eigenvalue weighted by Crippen LogP contribution is 2.32. The first-order valence-electron chi connectivity index (χ1n) is 8.04. The lowest BCUT2D eigenvalue weighted by Gasteiger charge is -2.25. The molecule has 0 spiro atoms. The zero-order valence-electron chi connectivity index (χ0n) is 13.4. The number of aryl methyl sites for hydroxylation is 1. The van der Waals surface area contributed by atoms with Crippen molar-refractivity contribution in [2.24, 2.45) is 5.73 Å². The quantitative estimate of drug-likeness (QED) is 0.710. The molecular weight excluding hydrogens is 302 g/mol. The molecule has 0 saturated heterocycles. The molecule has 124 valence electrons.